The fraction of sp³-hybridized carbons (Fsp3) is 0.0154. The van der Waals surface area contributed by atoms with Gasteiger partial charge in [-0.25, -0.2) is 9.97 Å². The van der Waals surface area contributed by atoms with Crippen LogP contribution < -0.4 is 0 Å². The number of hydrogen-bond donors (Lipinski definition) is 0. The second kappa shape index (κ2) is 15.8. The van der Waals surface area contributed by atoms with Gasteiger partial charge in [-0.2, -0.15) is 0 Å². The van der Waals surface area contributed by atoms with E-state index >= 15 is 0 Å². The quantitative estimate of drug-likeness (QED) is 0.118. The summed E-state index contributed by atoms with van der Waals surface area (Å²) in [6.07, 6.45) is 0. The number of aromatic nitrogens is 2. The monoisotopic (exact) mass is 850 g/mol. The van der Waals surface area contributed by atoms with Crippen LogP contribution in [0.2, 0.25) is 0 Å². The Morgan fingerprint density at radius 3 is 1.58 bits per heavy atom. The van der Waals surface area contributed by atoms with Gasteiger partial charge < -0.3 is 0 Å². The summed E-state index contributed by atoms with van der Waals surface area (Å²) in [6.45, 7) is 0. The van der Waals surface area contributed by atoms with Crippen LogP contribution in [0, 0.1) is 0 Å². The highest BCUT2D eigenvalue weighted by molar-refractivity contribution is 6.20. The van der Waals surface area contributed by atoms with E-state index in [9.17, 15) is 0 Å². The molecule has 0 unspecified atom stereocenters. The van der Waals surface area contributed by atoms with Crippen LogP contribution >= 0.6 is 0 Å². The molecule has 0 saturated carbocycles. The van der Waals surface area contributed by atoms with Gasteiger partial charge in [0.05, 0.1) is 16.8 Å². The number of fused-ring (bicyclic) bond motifs is 7. The second-order valence-electron chi connectivity index (χ2n) is 17.6. The summed E-state index contributed by atoms with van der Waals surface area (Å²) in [6, 6.07) is 92.5. The molecule has 0 N–H and O–H groups in total. The van der Waals surface area contributed by atoms with Gasteiger partial charge in [0, 0.05) is 16.7 Å². The molecule has 0 spiro atoms. The van der Waals surface area contributed by atoms with E-state index in [2.05, 4.69) is 249 Å². The van der Waals surface area contributed by atoms with Crippen molar-refractivity contribution in [2.45, 2.75) is 5.41 Å². The van der Waals surface area contributed by atoms with Crippen LogP contribution in [0.15, 0.2) is 255 Å². The Morgan fingerprint density at radius 1 is 0.284 bits per heavy atom. The average Bonchev–Trinajstić information content (AvgIpc) is 3.72. The number of nitrogens with zero attached hydrogens (tertiary/aromatic N) is 2. The molecule has 0 saturated heterocycles. The van der Waals surface area contributed by atoms with Crippen molar-refractivity contribution in [2.75, 3.05) is 0 Å². The fourth-order valence-electron chi connectivity index (χ4n) is 11.0. The summed E-state index contributed by atoms with van der Waals surface area (Å²) < 4.78 is 0. The molecule has 2 nitrogen and oxygen atoms in total. The van der Waals surface area contributed by atoms with Crippen molar-refractivity contribution >= 4 is 32.3 Å². The lowest BCUT2D eigenvalue weighted by Crippen LogP contribution is -2.29. The van der Waals surface area contributed by atoms with Crippen molar-refractivity contribution < 1.29 is 0 Å². The third-order valence-electron chi connectivity index (χ3n) is 13.9. The van der Waals surface area contributed by atoms with Gasteiger partial charge >= 0.3 is 0 Å². The maximum atomic E-state index is 5.48. The van der Waals surface area contributed by atoms with Gasteiger partial charge in [0.25, 0.3) is 0 Å². The van der Waals surface area contributed by atoms with Gasteiger partial charge in [0.1, 0.15) is 0 Å². The van der Waals surface area contributed by atoms with Crippen LogP contribution in [0.4, 0.5) is 0 Å². The van der Waals surface area contributed by atoms with E-state index in [1.54, 1.807) is 0 Å². The van der Waals surface area contributed by atoms with Gasteiger partial charge in [-0.1, -0.05) is 231 Å². The van der Waals surface area contributed by atoms with Crippen LogP contribution in [0.1, 0.15) is 22.3 Å². The molecule has 13 rings (SSSR count). The molecule has 11 aromatic carbocycles. The minimum atomic E-state index is -0.587. The highest BCUT2D eigenvalue weighted by Crippen LogP contribution is 2.58. The van der Waals surface area contributed by atoms with E-state index < -0.39 is 5.41 Å². The lowest BCUT2D eigenvalue weighted by Gasteiger charge is -2.35. The third-order valence-corrected chi connectivity index (χ3v) is 13.9. The summed E-state index contributed by atoms with van der Waals surface area (Å²) in [7, 11) is 0. The molecule has 2 heteroatoms. The first-order valence-electron chi connectivity index (χ1n) is 23.1. The summed E-state index contributed by atoms with van der Waals surface area (Å²) >= 11 is 0. The van der Waals surface area contributed by atoms with Gasteiger partial charge in [0.2, 0.25) is 0 Å². The molecule has 0 fully saturated rings. The topological polar surface area (TPSA) is 25.8 Å². The molecule has 0 atom stereocenters. The zero-order chi connectivity index (χ0) is 44.3. The SMILES string of the molecule is c1ccc(-c2nc(-c3cccc(-c4cccc(-c5c6ccccc6cc6c5ccc5ccccc56)c4)c3)cc(-c3cccc4c3C(c3ccccc3)(c3ccccc3)c3ccccc3-4)n2)cc1. The predicted octanol–water partition coefficient (Wildman–Crippen LogP) is 16.6. The molecule has 1 aliphatic carbocycles. The lowest BCUT2D eigenvalue weighted by atomic mass is 9.66. The summed E-state index contributed by atoms with van der Waals surface area (Å²) in [5.74, 6) is 0.689. The van der Waals surface area contributed by atoms with Gasteiger partial charge in [-0.15, -0.1) is 0 Å². The Balaban J connectivity index is 0.997. The molecule has 12 aromatic rings. The van der Waals surface area contributed by atoms with Crippen molar-refractivity contribution in [3.63, 3.8) is 0 Å². The van der Waals surface area contributed by atoms with Gasteiger partial charge in [-0.05, 0) is 112 Å². The highest BCUT2D eigenvalue weighted by Gasteiger charge is 2.47. The van der Waals surface area contributed by atoms with E-state index in [4.69, 9.17) is 9.97 Å². The Labute approximate surface area is 390 Å². The summed E-state index contributed by atoms with van der Waals surface area (Å²) in [5.41, 5.74) is 16.4. The van der Waals surface area contributed by atoms with Crippen molar-refractivity contribution in [2.24, 2.45) is 0 Å². The Hall–Kier alpha value is -8.72. The molecule has 0 radical (unpaired) electrons. The lowest BCUT2D eigenvalue weighted by molar-refractivity contribution is 0.769. The molecule has 1 aromatic heterocycles. The van der Waals surface area contributed by atoms with Crippen molar-refractivity contribution in [1.82, 2.24) is 9.97 Å². The highest BCUT2D eigenvalue weighted by atomic mass is 14.9. The molecule has 312 valence electrons. The van der Waals surface area contributed by atoms with Crippen LogP contribution in [0.3, 0.4) is 0 Å². The van der Waals surface area contributed by atoms with E-state index in [-0.39, 0.29) is 0 Å². The van der Waals surface area contributed by atoms with Crippen LogP contribution in [-0.4, -0.2) is 9.97 Å². The molecule has 0 amide bonds. The minimum absolute atomic E-state index is 0.587. The molecular weight excluding hydrogens is 809 g/mol. The Morgan fingerprint density at radius 2 is 0.821 bits per heavy atom. The second-order valence-corrected chi connectivity index (χ2v) is 17.6. The van der Waals surface area contributed by atoms with E-state index in [0.29, 0.717) is 5.82 Å². The van der Waals surface area contributed by atoms with Crippen molar-refractivity contribution in [3.05, 3.63) is 277 Å². The Bertz CT molecular complexity index is 3820. The summed E-state index contributed by atoms with van der Waals surface area (Å²) in [4.78, 5) is 10.8. The standard InChI is InChI=1S/C65H42N2/c1-4-20-44(21-5-1)64-66-60(42-61(67-64)57-35-18-34-56-54-33-14-15-36-59(54)65(63(56)57,50-27-6-2-7-28-50)51-29-8-3-9-30-51)48-25-16-23-45(39-48)46-24-17-26-49(40-46)62-53-32-13-11-22-47(53)41-58-52-31-12-10-19-43(52)37-38-55(58)62/h1-42H. The molecule has 0 bridgehead atoms. The Kier molecular flexibility index (Phi) is 9.11. The minimum Gasteiger partial charge on any atom is -0.228 e. The van der Waals surface area contributed by atoms with Gasteiger partial charge in [0.15, 0.2) is 5.82 Å². The number of rotatable bonds is 7. The van der Waals surface area contributed by atoms with E-state index in [1.165, 1.54) is 76.8 Å². The summed E-state index contributed by atoms with van der Waals surface area (Å²) in [5, 5.41) is 7.52. The van der Waals surface area contributed by atoms with E-state index in [1.807, 2.05) is 6.07 Å². The fourth-order valence-corrected chi connectivity index (χ4v) is 11.0. The smallest absolute Gasteiger partial charge is 0.160 e. The molecule has 67 heavy (non-hydrogen) atoms. The number of benzene rings is 11. The van der Waals surface area contributed by atoms with Gasteiger partial charge in [-0.3, -0.25) is 0 Å². The predicted molar refractivity (Wildman–Crippen MR) is 279 cm³/mol. The molecular formula is C65H42N2. The van der Waals surface area contributed by atoms with Crippen LogP contribution in [-0.2, 0) is 5.41 Å². The first kappa shape index (κ1) is 38.7. The largest absolute Gasteiger partial charge is 0.228 e. The maximum Gasteiger partial charge on any atom is 0.160 e. The normalized spacial score (nSPS) is 12.6. The first-order valence-corrected chi connectivity index (χ1v) is 23.1. The average molecular weight is 851 g/mol. The van der Waals surface area contributed by atoms with E-state index in [0.717, 1.165) is 39.2 Å². The van der Waals surface area contributed by atoms with Crippen LogP contribution in [0.25, 0.3) is 99.6 Å². The number of hydrogen-bond acceptors (Lipinski definition) is 2. The van der Waals surface area contributed by atoms with Crippen molar-refractivity contribution in [1.29, 1.82) is 0 Å². The zero-order valence-corrected chi connectivity index (χ0v) is 36.6. The van der Waals surface area contributed by atoms with Crippen molar-refractivity contribution in [3.8, 4) is 67.3 Å². The van der Waals surface area contributed by atoms with Crippen LogP contribution in [0.5, 0.6) is 0 Å². The maximum absolute atomic E-state index is 5.48. The molecule has 1 aliphatic rings. The zero-order valence-electron chi connectivity index (χ0n) is 36.6. The third kappa shape index (κ3) is 6.26. The first-order chi connectivity index (χ1) is 33.2. The molecule has 0 aliphatic heterocycles. The molecule has 1 heterocycles.